The predicted molar refractivity (Wildman–Crippen MR) is 47.6 cm³/mol. The van der Waals surface area contributed by atoms with Gasteiger partial charge in [-0.1, -0.05) is 20.8 Å². The molecule has 0 unspecified atom stereocenters. The van der Waals surface area contributed by atoms with Gasteiger partial charge in [0.1, 0.15) is 6.17 Å². The van der Waals surface area contributed by atoms with E-state index in [1.54, 1.807) is 0 Å². The zero-order valence-corrected chi connectivity index (χ0v) is 8.13. The van der Waals surface area contributed by atoms with Gasteiger partial charge in [0.05, 0.1) is 6.10 Å². The van der Waals surface area contributed by atoms with E-state index < -0.39 is 12.3 Å². The van der Waals surface area contributed by atoms with Crippen LogP contribution in [0.2, 0.25) is 0 Å². The van der Waals surface area contributed by atoms with Crippen molar-refractivity contribution in [3.63, 3.8) is 0 Å². The van der Waals surface area contributed by atoms with Crippen LogP contribution in [0.15, 0.2) is 0 Å². The molecule has 72 valence electrons. The zero-order chi connectivity index (χ0) is 9.30. The molecule has 0 bridgehead atoms. The highest BCUT2D eigenvalue weighted by molar-refractivity contribution is 4.84. The minimum atomic E-state index is -0.991. The van der Waals surface area contributed by atoms with Crippen molar-refractivity contribution < 1.29 is 9.50 Å². The molecule has 12 heavy (non-hydrogen) atoms. The summed E-state index contributed by atoms with van der Waals surface area (Å²) in [4.78, 5) is 0. The average molecular weight is 174 g/mol. The van der Waals surface area contributed by atoms with Gasteiger partial charge >= 0.3 is 0 Å². The third-order valence-electron chi connectivity index (χ3n) is 3.12. The van der Waals surface area contributed by atoms with Crippen molar-refractivity contribution in [3.8, 4) is 0 Å². The Kier molecular flexibility index (Phi) is 3.10. The first kappa shape index (κ1) is 9.97. The maximum Gasteiger partial charge on any atom is 0.126 e. The molecule has 2 heteroatoms. The monoisotopic (exact) mass is 174 g/mol. The fourth-order valence-electron chi connectivity index (χ4n) is 2.28. The molecule has 1 aliphatic carbocycles. The molecular formula is C10H19FO. The largest absolute Gasteiger partial charge is 0.390 e. The number of aliphatic hydroxyl groups excluding tert-OH is 1. The van der Waals surface area contributed by atoms with Gasteiger partial charge in [0.15, 0.2) is 0 Å². The fraction of sp³-hybridized carbons (Fsp3) is 1.00. The molecule has 0 saturated heterocycles. The summed E-state index contributed by atoms with van der Waals surface area (Å²) >= 11 is 0. The van der Waals surface area contributed by atoms with E-state index in [-0.39, 0.29) is 0 Å². The maximum absolute atomic E-state index is 13.0. The lowest BCUT2D eigenvalue weighted by Crippen LogP contribution is -2.37. The van der Waals surface area contributed by atoms with Crippen LogP contribution in [0.1, 0.15) is 33.6 Å². The van der Waals surface area contributed by atoms with Crippen molar-refractivity contribution in [2.75, 3.05) is 0 Å². The summed E-state index contributed by atoms with van der Waals surface area (Å²) in [7, 11) is 0. The maximum atomic E-state index is 13.0. The van der Waals surface area contributed by atoms with E-state index in [4.69, 9.17) is 0 Å². The molecule has 0 heterocycles. The zero-order valence-electron chi connectivity index (χ0n) is 8.13. The summed E-state index contributed by atoms with van der Waals surface area (Å²) in [5.41, 5.74) is 0. The van der Waals surface area contributed by atoms with E-state index >= 15 is 0 Å². The highest BCUT2D eigenvalue weighted by Crippen LogP contribution is 2.36. The van der Waals surface area contributed by atoms with Gasteiger partial charge in [-0.05, 0) is 30.6 Å². The SMILES string of the molecule is CC(C)[C@@H]1C[C@@H](O)[C@H](F)C[C@H]1C. The molecule has 1 rings (SSSR count). The van der Waals surface area contributed by atoms with Gasteiger partial charge in [-0.2, -0.15) is 0 Å². The summed E-state index contributed by atoms with van der Waals surface area (Å²) in [5.74, 6) is 1.47. The Balaban J connectivity index is 2.55. The molecule has 0 aromatic carbocycles. The molecule has 1 N–H and O–H groups in total. The molecule has 0 aromatic heterocycles. The summed E-state index contributed by atoms with van der Waals surface area (Å²) in [6.07, 6.45) is -0.534. The number of aliphatic hydroxyl groups is 1. The third-order valence-corrected chi connectivity index (χ3v) is 3.12. The molecule has 1 aliphatic rings. The van der Waals surface area contributed by atoms with Crippen molar-refractivity contribution in [1.29, 1.82) is 0 Å². The molecule has 1 fully saturated rings. The third kappa shape index (κ3) is 1.98. The van der Waals surface area contributed by atoms with Crippen molar-refractivity contribution in [1.82, 2.24) is 0 Å². The quantitative estimate of drug-likeness (QED) is 0.647. The van der Waals surface area contributed by atoms with Crippen molar-refractivity contribution in [2.45, 2.75) is 45.9 Å². The van der Waals surface area contributed by atoms with Crippen molar-refractivity contribution in [3.05, 3.63) is 0 Å². The summed E-state index contributed by atoms with van der Waals surface area (Å²) in [6, 6.07) is 0. The van der Waals surface area contributed by atoms with Gasteiger partial charge < -0.3 is 5.11 Å². The lowest BCUT2D eigenvalue weighted by Gasteiger charge is -2.36. The molecule has 0 radical (unpaired) electrons. The van der Waals surface area contributed by atoms with Gasteiger partial charge in [0.25, 0.3) is 0 Å². The molecule has 1 nitrogen and oxygen atoms in total. The lowest BCUT2D eigenvalue weighted by atomic mass is 9.73. The van der Waals surface area contributed by atoms with Crippen LogP contribution < -0.4 is 0 Å². The Morgan fingerprint density at radius 3 is 2.42 bits per heavy atom. The summed E-state index contributed by atoms with van der Waals surface area (Å²) in [5, 5.41) is 9.34. The van der Waals surface area contributed by atoms with E-state index in [0.29, 0.717) is 30.6 Å². The van der Waals surface area contributed by atoms with Gasteiger partial charge in [0, 0.05) is 0 Å². The Hall–Kier alpha value is -0.110. The Labute approximate surface area is 74.0 Å². The summed E-state index contributed by atoms with van der Waals surface area (Å²) in [6.45, 7) is 6.38. The molecule has 1 saturated carbocycles. The van der Waals surface area contributed by atoms with E-state index in [1.165, 1.54) is 0 Å². The standard InChI is InChI=1S/C10H19FO/c1-6(2)8-5-10(12)9(11)4-7(8)3/h6-10,12H,4-5H2,1-3H3/t7-,8+,9-,10-/m1/s1. The van der Waals surface area contributed by atoms with Crippen LogP contribution in [0, 0.1) is 17.8 Å². The number of halogens is 1. The normalized spacial score (nSPS) is 43.5. The molecule has 0 aromatic rings. The van der Waals surface area contributed by atoms with Crippen LogP contribution in [-0.2, 0) is 0 Å². The van der Waals surface area contributed by atoms with E-state index in [9.17, 15) is 9.50 Å². The van der Waals surface area contributed by atoms with Crippen LogP contribution >= 0.6 is 0 Å². The number of hydrogen-bond acceptors (Lipinski definition) is 1. The fourth-order valence-corrected chi connectivity index (χ4v) is 2.28. The Bertz CT molecular complexity index is 147. The second-order valence-corrected chi connectivity index (χ2v) is 4.44. The highest BCUT2D eigenvalue weighted by Gasteiger charge is 2.35. The van der Waals surface area contributed by atoms with E-state index in [1.807, 2.05) is 0 Å². The topological polar surface area (TPSA) is 20.2 Å². The van der Waals surface area contributed by atoms with Gasteiger partial charge in [0.2, 0.25) is 0 Å². The van der Waals surface area contributed by atoms with E-state index in [2.05, 4.69) is 20.8 Å². The van der Waals surface area contributed by atoms with Crippen LogP contribution in [-0.4, -0.2) is 17.4 Å². The van der Waals surface area contributed by atoms with E-state index in [0.717, 1.165) is 0 Å². The van der Waals surface area contributed by atoms with Crippen LogP contribution in [0.3, 0.4) is 0 Å². The minimum absolute atomic E-state index is 0.420. The predicted octanol–water partition coefficient (Wildman–Crippen LogP) is 2.39. The van der Waals surface area contributed by atoms with Crippen LogP contribution in [0.4, 0.5) is 4.39 Å². The minimum Gasteiger partial charge on any atom is -0.390 e. The summed E-state index contributed by atoms with van der Waals surface area (Å²) < 4.78 is 13.0. The average Bonchev–Trinajstić information content (AvgIpc) is 1.96. The first-order valence-corrected chi connectivity index (χ1v) is 4.84. The van der Waals surface area contributed by atoms with Gasteiger partial charge in [-0.15, -0.1) is 0 Å². The van der Waals surface area contributed by atoms with Crippen molar-refractivity contribution >= 4 is 0 Å². The highest BCUT2D eigenvalue weighted by atomic mass is 19.1. The number of rotatable bonds is 1. The Morgan fingerprint density at radius 2 is 1.92 bits per heavy atom. The number of alkyl halides is 1. The Morgan fingerprint density at radius 1 is 1.33 bits per heavy atom. The second kappa shape index (κ2) is 3.73. The van der Waals surface area contributed by atoms with Crippen LogP contribution in [0.5, 0.6) is 0 Å². The first-order chi connectivity index (χ1) is 5.52. The van der Waals surface area contributed by atoms with Crippen LogP contribution in [0.25, 0.3) is 0 Å². The smallest absolute Gasteiger partial charge is 0.126 e. The molecular weight excluding hydrogens is 155 g/mol. The molecule has 0 spiro atoms. The van der Waals surface area contributed by atoms with Gasteiger partial charge in [-0.3, -0.25) is 0 Å². The molecule has 0 amide bonds. The second-order valence-electron chi connectivity index (χ2n) is 4.44. The lowest BCUT2D eigenvalue weighted by molar-refractivity contribution is -0.0120. The van der Waals surface area contributed by atoms with Gasteiger partial charge in [-0.25, -0.2) is 4.39 Å². The first-order valence-electron chi connectivity index (χ1n) is 4.84. The molecule has 0 aliphatic heterocycles. The number of hydrogen-bond donors (Lipinski definition) is 1. The van der Waals surface area contributed by atoms with Crippen molar-refractivity contribution in [2.24, 2.45) is 17.8 Å². The molecule has 4 atom stereocenters.